The highest BCUT2D eigenvalue weighted by Gasteiger charge is 2.41. The SMILES string of the molecule is O=C(Nc1cnc(N2NC=CN2)c(Cl)c1)c1cnn(-c2cnc(C3CCCO3)c3ccccc23)c1C(F)(F)F. The molecule has 0 radical (unpaired) electrons. The van der Waals surface area contributed by atoms with Crippen molar-refractivity contribution in [3.05, 3.63) is 83.3 Å². The molecule has 1 saturated heterocycles. The van der Waals surface area contributed by atoms with Gasteiger partial charge in [-0.05, 0) is 18.9 Å². The number of pyridine rings is 2. The third kappa shape index (κ3) is 4.59. The van der Waals surface area contributed by atoms with Crippen LogP contribution in [0.3, 0.4) is 0 Å². The van der Waals surface area contributed by atoms with Crippen molar-refractivity contribution in [2.75, 3.05) is 17.0 Å². The zero-order valence-corrected chi connectivity index (χ0v) is 20.8. The van der Waals surface area contributed by atoms with Crippen molar-refractivity contribution >= 4 is 39.8 Å². The van der Waals surface area contributed by atoms with Gasteiger partial charge in [0.05, 0.1) is 46.2 Å². The number of ether oxygens (including phenoxy) is 1. The van der Waals surface area contributed by atoms with Crippen LogP contribution >= 0.6 is 11.6 Å². The quantitative estimate of drug-likeness (QED) is 0.319. The zero-order chi connectivity index (χ0) is 27.1. The summed E-state index contributed by atoms with van der Waals surface area (Å²) >= 11 is 6.27. The van der Waals surface area contributed by atoms with Gasteiger partial charge in [0.2, 0.25) is 0 Å². The third-order valence-electron chi connectivity index (χ3n) is 6.33. The number of anilines is 2. The monoisotopic (exact) mass is 556 g/mol. The first-order valence-electron chi connectivity index (χ1n) is 11.9. The summed E-state index contributed by atoms with van der Waals surface area (Å²) in [5.74, 6) is -0.721. The smallest absolute Gasteiger partial charge is 0.372 e. The number of halogens is 4. The minimum absolute atomic E-state index is 0.0898. The zero-order valence-electron chi connectivity index (χ0n) is 20.0. The van der Waals surface area contributed by atoms with Crippen LogP contribution in [0.15, 0.2) is 61.3 Å². The van der Waals surface area contributed by atoms with E-state index in [1.165, 1.54) is 23.6 Å². The maximum Gasteiger partial charge on any atom is 0.434 e. The van der Waals surface area contributed by atoms with E-state index in [2.05, 4.69) is 31.2 Å². The van der Waals surface area contributed by atoms with Crippen molar-refractivity contribution in [1.29, 1.82) is 0 Å². The van der Waals surface area contributed by atoms with Crippen LogP contribution in [0.2, 0.25) is 5.02 Å². The molecule has 39 heavy (non-hydrogen) atoms. The highest BCUT2D eigenvalue weighted by molar-refractivity contribution is 6.33. The number of benzene rings is 1. The molecule has 4 aromatic rings. The summed E-state index contributed by atoms with van der Waals surface area (Å²) in [6.07, 6.45) is 3.23. The van der Waals surface area contributed by atoms with Gasteiger partial charge in [0, 0.05) is 29.8 Å². The molecular weight excluding hydrogens is 537 g/mol. The third-order valence-corrected chi connectivity index (χ3v) is 6.61. The van der Waals surface area contributed by atoms with Crippen molar-refractivity contribution in [3.8, 4) is 5.69 Å². The average molecular weight is 557 g/mol. The Labute approximate surface area is 224 Å². The van der Waals surface area contributed by atoms with Gasteiger partial charge in [0.1, 0.15) is 6.10 Å². The van der Waals surface area contributed by atoms with E-state index in [0.29, 0.717) is 33.6 Å². The van der Waals surface area contributed by atoms with E-state index in [9.17, 15) is 18.0 Å². The molecular formula is C25H20ClF3N8O2. The van der Waals surface area contributed by atoms with E-state index in [1.807, 2.05) is 0 Å². The topological polar surface area (TPSA) is 109 Å². The standard InChI is InChI=1S/C25H20ClF3N8O2/c26-18-10-14(11-31-23(18)37-32-7-8-33-37)35-24(38)17-12-34-36(22(17)25(27,28)29)19-13-30-21(20-6-3-9-39-20)16-5-2-1-4-15(16)19/h1-2,4-5,7-8,10-13,20,32-33H,3,6,9H2,(H,35,38). The van der Waals surface area contributed by atoms with E-state index < -0.39 is 23.3 Å². The number of aromatic nitrogens is 4. The molecule has 0 saturated carbocycles. The lowest BCUT2D eigenvalue weighted by Crippen LogP contribution is -2.38. The average Bonchev–Trinajstić information content (AvgIpc) is 3.70. The molecule has 3 N–H and O–H groups in total. The summed E-state index contributed by atoms with van der Waals surface area (Å²) in [6, 6.07) is 8.37. The van der Waals surface area contributed by atoms with E-state index in [4.69, 9.17) is 16.3 Å². The Kier molecular flexibility index (Phi) is 6.23. The minimum atomic E-state index is -4.91. The van der Waals surface area contributed by atoms with Crippen molar-refractivity contribution in [2.45, 2.75) is 25.1 Å². The van der Waals surface area contributed by atoms with Gasteiger partial charge in [0.25, 0.3) is 5.91 Å². The lowest BCUT2D eigenvalue weighted by molar-refractivity contribution is -0.143. The highest BCUT2D eigenvalue weighted by atomic mass is 35.5. The maximum absolute atomic E-state index is 14.4. The first kappa shape index (κ1) is 24.9. The molecule has 2 aliphatic heterocycles. The van der Waals surface area contributed by atoms with Crippen LogP contribution in [0.1, 0.15) is 40.7 Å². The number of rotatable bonds is 5. The van der Waals surface area contributed by atoms with E-state index in [1.54, 1.807) is 36.7 Å². The molecule has 14 heteroatoms. The molecule has 3 aromatic heterocycles. The number of hydrogen-bond acceptors (Lipinski definition) is 8. The fourth-order valence-corrected chi connectivity index (χ4v) is 4.88. The Morgan fingerprint density at radius 2 is 1.87 bits per heavy atom. The predicted octanol–water partition coefficient (Wildman–Crippen LogP) is 4.89. The van der Waals surface area contributed by atoms with Gasteiger partial charge in [0.15, 0.2) is 11.5 Å². The number of hydrazine groups is 2. The number of hydrogen-bond donors (Lipinski definition) is 3. The van der Waals surface area contributed by atoms with Crippen LogP contribution in [0.25, 0.3) is 16.5 Å². The lowest BCUT2D eigenvalue weighted by Gasteiger charge is -2.19. The van der Waals surface area contributed by atoms with Crippen LogP contribution in [0.5, 0.6) is 0 Å². The van der Waals surface area contributed by atoms with Crippen LogP contribution in [-0.2, 0) is 10.9 Å². The first-order valence-corrected chi connectivity index (χ1v) is 12.3. The Morgan fingerprint density at radius 3 is 2.56 bits per heavy atom. The number of amides is 1. The number of alkyl halides is 3. The van der Waals surface area contributed by atoms with Gasteiger partial charge in [-0.2, -0.15) is 23.4 Å². The summed E-state index contributed by atoms with van der Waals surface area (Å²) < 4.78 is 49.7. The normalized spacial score (nSPS) is 16.9. The molecule has 2 aliphatic rings. The van der Waals surface area contributed by atoms with Crippen LogP contribution in [0.4, 0.5) is 24.7 Å². The molecule has 1 aromatic carbocycles. The molecule has 0 bridgehead atoms. The summed E-state index contributed by atoms with van der Waals surface area (Å²) in [5.41, 5.74) is 4.63. The summed E-state index contributed by atoms with van der Waals surface area (Å²) in [4.78, 5) is 21.7. The predicted molar refractivity (Wildman–Crippen MR) is 137 cm³/mol. The lowest BCUT2D eigenvalue weighted by atomic mass is 10.0. The van der Waals surface area contributed by atoms with Crippen LogP contribution < -0.4 is 21.3 Å². The molecule has 1 fully saturated rings. The fourth-order valence-electron chi connectivity index (χ4n) is 4.63. The Morgan fingerprint density at radius 1 is 1.10 bits per heavy atom. The Balaban J connectivity index is 1.36. The Hall–Kier alpha value is -4.36. The van der Waals surface area contributed by atoms with Gasteiger partial charge >= 0.3 is 6.18 Å². The largest absolute Gasteiger partial charge is 0.434 e. The van der Waals surface area contributed by atoms with E-state index >= 15 is 0 Å². The molecule has 1 amide bonds. The molecule has 1 unspecified atom stereocenters. The van der Waals surface area contributed by atoms with Gasteiger partial charge in [-0.1, -0.05) is 35.9 Å². The van der Waals surface area contributed by atoms with E-state index in [-0.39, 0.29) is 22.5 Å². The molecule has 0 spiro atoms. The van der Waals surface area contributed by atoms with E-state index in [0.717, 1.165) is 19.0 Å². The summed E-state index contributed by atoms with van der Waals surface area (Å²) in [6.45, 7) is 0.602. The summed E-state index contributed by atoms with van der Waals surface area (Å²) in [7, 11) is 0. The second-order valence-electron chi connectivity index (χ2n) is 8.80. The number of nitrogens with zero attached hydrogens (tertiary/aromatic N) is 5. The van der Waals surface area contributed by atoms with Crippen LogP contribution in [-0.4, -0.2) is 32.3 Å². The van der Waals surface area contributed by atoms with Crippen molar-refractivity contribution < 1.29 is 22.7 Å². The minimum Gasteiger partial charge on any atom is -0.372 e. The molecule has 1 atom stereocenters. The highest BCUT2D eigenvalue weighted by Crippen LogP contribution is 2.38. The van der Waals surface area contributed by atoms with Gasteiger partial charge in [-0.15, -0.1) is 0 Å². The number of carbonyl (C=O) groups is 1. The summed E-state index contributed by atoms with van der Waals surface area (Å²) in [5, 5.41) is 9.13. The number of fused-ring (bicyclic) bond motifs is 1. The fraction of sp³-hybridized carbons (Fsp3) is 0.200. The molecule has 0 aliphatic carbocycles. The van der Waals surface area contributed by atoms with Crippen molar-refractivity contribution in [3.63, 3.8) is 0 Å². The van der Waals surface area contributed by atoms with Crippen molar-refractivity contribution in [1.82, 2.24) is 30.6 Å². The van der Waals surface area contributed by atoms with Crippen LogP contribution in [0, 0.1) is 0 Å². The molecule has 10 nitrogen and oxygen atoms in total. The second-order valence-corrected chi connectivity index (χ2v) is 9.21. The maximum atomic E-state index is 14.4. The van der Waals surface area contributed by atoms with Gasteiger partial charge in [-0.25, -0.2) is 9.67 Å². The van der Waals surface area contributed by atoms with Gasteiger partial charge < -0.3 is 10.1 Å². The number of nitrogens with one attached hydrogen (secondary N) is 3. The molecule has 200 valence electrons. The first-order chi connectivity index (χ1) is 18.8. The molecule has 6 rings (SSSR count). The Bertz CT molecular complexity index is 1590. The second kappa shape index (κ2) is 9.75. The number of carbonyl (C=O) groups excluding carboxylic acids is 1. The van der Waals surface area contributed by atoms with Crippen molar-refractivity contribution in [2.24, 2.45) is 0 Å². The van der Waals surface area contributed by atoms with Gasteiger partial charge in [-0.3, -0.25) is 20.6 Å². The molecule has 5 heterocycles.